The Morgan fingerprint density at radius 3 is 0.958 bits per heavy atom. The second kappa shape index (κ2) is 26.9. The van der Waals surface area contributed by atoms with Crippen molar-refractivity contribution < 1.29 is 0 Å². The van der Waals surface area contributed by atoms with Gasteiger partial charge in [0.1, 0.15) is 0 Å². The maximum Gasteiger partial charge on any atom is 0.0547 e. The zero-order chi connectivity index (χ0) is 78.5. The molecular formula is C114H80N4. The first-order chi connectivity index (χ1) is 58.1. The number of aromatic nitrogens is 4. The average Bonchev–Trinajstić information content (AvgIpc) is 1.54. The van der Waals surface area contributed by atoms with Gasteiger partial charge in [0.25, 0.3) is 0 Å². The number of fused-ring (bicyclic) bond motifs is 20. The van der Waals surface area contributed by atoms with E-state index >= 15 is 0 Å². The predicted octanol–water partition coefficient (Wildman–Crippen LogP) is 30.4. The van der Waals surface area contributed by atoms with E-state index < -0.39 is 0 Å². The first-order valence-corrected chi connectivity index (χ1v) is 41.2. The fraction of sp³-hybridized carbons (Fsp3) is 0.0526. The van der Waals surface area contributed by atoms with Gasteiger partial charge in [0.15, 0.2) is 0 Å². The molecule has 118 heavy (non-hydrogen) atoms. The molecule has 0 saturated carbocycles. The summed E-state index contributed by atoms with van der Waals surface area (Å²) < 4.78 is 9.79. The van der Waals surface area contributed by atoms with Gasteiger partial charge in [-0.05, 0) is 233 Å². The molecule has 556 valence electrons. The van der Waals surface area contributed by atoms with Crippen molar-refractivity contribution in [3.8, 4) is 112 Å². The van der Waals surface area contributed by atoms with Crippen molar-refractivity contribution in [3.63, 3.8) is 0 Å². The fourth-order valence-electron chi connectivity index (χ4n) is 20.2. The lowest BCUT2D eigenvalue weighted by molar-refractivity contribution is 0.661. The molecule has 0 amide bonds. The van der Waals surface area contributed by atoms with Crippen LogP contribution in [-0.2, 0) is 10.8 Å². The highest BCUT2D eigenvalue weighted by Gasteiger charge is 2.40. The predicted molar refractivity (Wildman–Crippen MR) is 498 cm³/mol. The monoisotopic (exact) mass is 1500 g/mol. The molecule has 4 aromatic heterocycles. The molecule has 2 aliphatic carbocycles. The molecule has 18 aromatic carbocycles. The number of hydrogen-bond donors (Lipinski definition) is 0. The average molecular weight is 1510 g/mol. The van der Waals surface area contributed by atoms with E-state index in [4.69, 9.17) is 0 Å². The first kappa shape index (κ1) is 68.7. The zero-order valence-corrected chi connectivity index (χ0v) is 66.0. The first-order valence-electron chi connectivity index (χ1n) is 41.2. The van der Waals surface area contributed by atoms with E-state index in [1.807, 2.05) is 0 Å². The summed E-state index contributed by atoms with van der Waals surface area (Å²) in [5.74, 6) is 0. The van der Waals surface area contributed by atoms with Crippen LogP contribution in [0.15, 0.2) is 413 Å². The van der Waals surface area contributed by atoms with E-state index in [2.05, 4.69) is 458 Å². The molecule has 0 N–H and O–H groups in total. The summed E-state index contributed by atoms with van der Waals surface area (Å²) in [4.78, 5) is 0. The molecule has 0 unspecified atom stereocenters. The summed E-state index contributed by atoms with van der Waals surface area (Å²) in [5.41, 5.74) is 39.7. The highest BCUT2D eigenvalue weighted by Crippen LogP contribution is 2.56. The Balaban J connectivity index is 0.000000138. The van der Waals surface area contributed by atoms with Gasteiger partial charge in [0, 0.05) is 76.7 Å². The van der Waals surface area contributed by atoms with Crippen LogP contribution >= 0.6 is 0 Å². The number of rotatable bonds is 10. The molecule has 0 aliphatic heterocycles. The van der Waals surface area contributed by atoms with Gasteiger partial charge in [-0.3, -0.25) is 0 Å². The van der Waals surface area contributed by atoms with E-state index in [1.165, 1.54) is 198 Å². The Bertz CT molecular complexity index is 7800. The van der Waals surface area contributed by atoms with Gasteiger partial charge in [-0.25, -0.2) is 0 Å². The molecule has 0 atom stereocenters. The SMILES string of the molecule is CC1(C)c2ccccc2-c2c1ccc1c2c2cc(-c3ccc4c(c3)c3ccccc3n4-c3cccc(-c4ccccc4)c3)ccc2n1-c1ccc(-c2ccccc2)cc1.CC1(C)c2ccccc2-c2ccc3c(c21)c1cc(-c2ccc4c(c2)c2ccccc2n4-c2cccc(-c4ccccc4)c2)ccc1n3-c1ccc(-c2ccccc2)cc1. The highest BCUT2D eigenvalue weighted by atomic mass is 15.0. The van der Waals surface area contributed by atoms with Crippen molar-refractivity contribution >= 4 is 87.2 Å². The molecule has 0 saturated heterocycles. The van der Waals surface area contributed by atoms with Gasteiger partial charge in [0.2, 0.25) is 0 Å². The van der Waals surface area contributed by atoms with Crippen LogP contribution in [0.5, 0.6) is 0 Å². The maximum absolute atomic E-state index is 2.48. The van der Waals surface area contributed by atoms with Crippen molar-refractivity contribution in [1.82, 2.24) is 18.3 Å². The molecule has 22 aromatic rings. The van der Waals surface area contributed by atoms with Crippen LogP contribution < -0.4 is 0 Å². The van der Waals surface area contributed by atoms with Gasteiger partial charge in [0.05, 0.1) is 44.1 Å². The summed E-state index contributed by atoms with van der Waals surface area (Å²) in [7, 11) is 0. The molecular weight excluding hydrogens is 1430 g/mol. The third-order valence-electron chi connectivity index (χ3n) is 25.8. The van der Waals surface area contributed by atoms with Gasteiger partial charge in [-0.2, -0.15) is 0 Å². The third kappa shape index (κ3) is 10.8. The van der Waals surface area contributed by atoms with Crippen LogP contribution in [0, 0.1) is 0 Å². The van der Waals surface area contributed by atoms with Gasteiger partial charge in [-0.1, -0.05) is 319 Å². The van der Waals surface area contributed by atoms with Crippen LogP contribution in [0.1, 0.15) is 49.9 Å². The molecule has 0 radical (unpaired) electrons. The van der Waals surface area contributed by atoms with E-state index in [9.17, 15) is 0 Å². The van der Waals surface area contributed by atoms with Crippen LogP contribution in [-0.4, -0.2) is 18.3 Å². The van der Waals surface area contributed by atoms with Crippen molar-refractivity contribution in [1.29, 1.82) is 0 Å². The highest BCUT2D eigenvalue weighted by molar-refractivity contribution is 6.20. The maximum atomic E-state index is 2.48. The number of para-hydroxylation sites is 2. The van der Waals surface area contributed by atoms with E-state index in [-0.39, 0.29) is 10.8 Å². The lowest BCUT2D eigenvalue weighted by Crippen LogP contribution is -2.15. The summed E-state index contributed by atoms with van der Waals surface area (Å²) in [6, 6.07) is 152. The molecule has 24 rings (SSSR count). The summed E-state index contributed by atoms with van der Waals surface area (Å²) in [5, 5.41) is 10.2. The van der Waals surface area contributed by atoms with Crippen molar-refractivity contribution in [2.75, 3.05) is 0 Å². The van der Waals surface area contributed by atoms with Crippen LogP contribution in [0.3, 0.4) is 0 Å². The summed E-state index contributed by atoms with van der Waals surface area (Å²) in [6.07, 6.45) is 0. The van der Waals surface area contributed by atoms with Crippen molar-refractivity contribution in [3.05, 3.63) is 435 Å². The van der Waals surface area contributed by atoms with Gasteiger partial charge >= 0.3 is 0 Å². The fourth-order valence-corrected chi connectivity index (χ4v) is 20.2. The van der Waals surface area contributed by atoms with Gasteiger partial charge in [-0.15, -0.1) is 0 Å². The Morgan fingerprint density at radius 1 is 0.169 bits per heavy atom. The summed E-state index contributed by atoms with van der Waals surface area (Å²) >= 11 is 0. The zero-order valence-electron chi connectivity index (χ0n) is 66.0. The Kier molecular flexibility index (Phi) is 15.7. The molecule has 4 heteroatoms. The second-order valence-electron chi connectivity index (χ2n) is 33.1. The second-order valence-corrected chi connectivity index (χ2v) is 33.1. The smallest absolute Gasteiger partial charge is 0.0547 e. The Labute approximate surface area is 685 Å². The molecule has 0 fully saturated rings. The van der Waals surface area contributed by atoms with Crippen LogP contribution in [0.4, 0.5) is 0 Å². The van der Waals surface area contributed by atoms with Crippen molar-refractivity contribution in [2.24, 2.45) is 0 Å². The molecule has 4 heterocycles. The minimum absolute atomic E-state index is 0.0939. The lowest BCUT2D eigenvalue weighted by atomic mass is 9.80. The Morgan fingerprint density at radius 2 is 0.483 bits per heavy atom. The molecule has 0 bridgehead atoms. The normalized spacial score (nSPS) is 13.1. The number of nitrogens with zero attached hydrogens (tertiary/aromatic N) is 4. The van der Waals surface area contributed by atoms with E-state index in [0.717, 1.165) is 22.7 Å². The van der Waals surface area contributed by atoms with E-state index in [1.54, 1.807) is 0 Å². The number of hydrogen-bond acceptors (Lipinski definition) is 0. The minimum Gasteiger partial charge on any atom is -0.309 e. The lowest BCUT2D eigenvalue weighted by Gasteiger charge is -2.22. The standard InChI is InChI=1S/2C57H40N2/c1-57(2)49-22-11-9-21-46(49)55-50(57)30-33-54-56(55)48-36-42(27-32-53(48)58(54)43-28-24-39(25-29-43)37-14-5-3-6-15-37)41-26-31-52-47(35-41)45-20-10-12-23-51(45)59(52)44-19-13-18-40(34-44)38-16-7-4-8-17-38;1-57(2)50-22-11-9-20-45(50)47-30-33-54-55(56(47)57)49-36-42(27-32-53(49)58(54)43-28-24-39(25-29-43)37-14-5-3-6-15-37)41-26-31-52-48(35-41)46-21-10-12-23-51(46)59(52)44-19-13-18-40(34-44)38-16-7-4-8-17-38/h2*3-36H,1-2H3. The largest absolute Gasteiger partial charge is 0.309 e. The van der Waals surface area contributed by atoms with Crippen LogP contribution in [0.2, 0.25) is 0 Å². The van der Waals surface area contributed by atoms with Crippen LogP contribution in [0.25, 0.3) is 199 Å². The van der Waals surface area contributed by atoms with Gasteiger partial charge < -0.3 is 18.3 Å². The quantitative estimate of drug-likeness (QED) is 0.130. The molecule has 2 aliphatic rings. The molecule has 4 nitrogen and oxygen atoms in total. The minimum atomic E-state index is -0.156. The molecule has 0 spiro atoms. The number of benzene rings is 18. The topological polar surface area (TPSA) is 19.7 Å². The Hall–Kier alpha value is -14.8. The van der Waals surface area contributed by atoms with Crippen molar-refractivity contribution in [2.45, 2.75) is 38.5 Å². The third-order valence-corrected chi connectivity index (χ3v) is 25.8. The summed E-state index contributed by atoms with van der Waals surface area (Å²) in [6.45, 7) is 9.55. The van der Waals surface area contributed by atoms with E-state index in [0.29, 0.717) is 0 Å².